The molecule has 1 aromatic carbocycles. The molecular weight excluding hydrogens is 283 g/mol. The predicted molar refractivity (Wildman–Crippen MR) is 73.8 cm³/mol. The van der Waals surface area contributed by atoms with E-state index in [-0.39, 0.29) is 22.2 Å². The number of hydrogen-bond acceptors (Lipinski definition) is 4. The van der Waals surface area contributed by atoms with Crippen molar-refractivity contribution in [1.82, 2.24) is 5.16 Å². The molecule has 3 aromatic rings. The highest BCUT2D eigenvalue weighted by atomic mass is 35.5. The lowest BCUT2D eigenvalue weighted by atomic mass is 10.0. The van der Waals surface area contributed by atoms with Crippen molar-refractivity contribution in [2.24, 2.45) is 0 Å². The molecule has 0 aliphatic rings. The molecule has 0 saturated carbocycles. The molecule has 20 heavy (non-hydrogen) atoms. The van der Waals surface area contributed by atoms with E-state index in [1.807, 2.05) is 6.92 Å². The van der Waals surface area contributed by atoms with Crippen molar-refractivity contribution in [2.75, 3.05) is 5.73 Å². The monoisotopic (exact) mass is 292 g/mol. The molecule has 102 valence electrons. The average Bonchev–Trinajstić information content (AvgIpc) is 2.99. The third-order valence-corrected chi connectivity index (χ3v) is 3.30. The van der Waals surface area contributed by atoms with E-state index >= 15 is 0 Å². The molecule has 2 aromatic heterocycles. The zero-order chi connectivity index (χ0) is 14.3. The molecule has 2 heterocycles. The van der Waals surface area contributed by atoms with Crippen LogP contribution in [0.2, 0.25) is 5.02 Å². The second-order valence-corrected chi connectivity index (χ2v) is 4.71. The van der Waals surface area contributed by atoms with Gasteiger partial charge in [0, 0.05) is 5.56 Å². The number of anilines is 1. The first kappa shape index (κ1) is 12.7. The highest BCUT2D eigenvalue weighted by molar-refractivity contribution is 6.31. The maximum absolute atomic E-state index is 14.2. The van der Waals surface area contributed by atoms with Crippen LogP contribution < -0.4 is 5.73 Å². The van der Waals surface area contributed by atoms with Gasteiger partial charge in [0.05, 0.1) is 16.8 Å². The molecule has 6 heteroatoms. The molecule has 0 saturated heterocycles. The first-order valence-corrected chi connectivity index (χ1v) is 6.21. The zero-order valence-corrected chi connectivity index (χ0v) is 11.2. The second kappa shape index (κ2) is 4.68. The summed E-state index contributed by atoms with van der Waals surface area (Å²) in [5.41, 5.74) is 7.19. The number of nitrogens with zero attached hydrogens (tertiary/aromatic N) is 1. The average molecular weight is 293 g/mol. The molecule has 0 unspecified atom stereocenters. The van der Waals surface area contributed by atoms with Crippen molar-refractivity contribution >= 4 is 17.4 Å². The highest BCUT2D eigenvalue weighted by Crippen LogP contribution is 2.40. The minimum absolute atomic E-state index is 0.00483. The fourth-order valence-corrected chi connectivity index (χ4v) is 2.19. The summed E-state index contributed by atoms with van der Waals surface area (Å²) in [4.78, 5) is 0. The van der Waals surface area contributed by atoms with Gasteiger partial charge in [-0.1, -0.05) is 28.9 Å². The molecule has 0 amide bonds. The molecule has 0 aliphatic heterocycles. The minimum Gasteiger partial charge on any atom is -0.461 e. The van der Waals surface area contributed by atoms with Gasteiger partial charge in [-0.2, -0.15) is 0 Å². The van der Waals surface area contributed by atoms with E-state index in [2.05, 4.69) is 5.16 Å². The number of hydrogen-bond donors (Lipinski definition) is 1. The summed E-state index contributed by atoms with van der Waals surface area (Å²) in [5.74, 6) is 0.251. The summed E-state index contributed by atoms with van der Waals surface area (Å²) < 4.78 is 24.7. The Morgan fingerprint density at radius 2 is 2.05 bits per heavy atom. The topological polar surface area (TPSA) is 65.2 Å². The van der Waals surface area contributed by atoms with Crippen LogP contribution in [0.5, 0.6) is 0 Å². The summed E-state index contributed by atoms with van der Waals surface area (Å²) in [6.45, 7) is 1.84. The van der Waals surface area contributed by atoms with E-state index in [4.69, 9.17) is 26.3 Å². The van der Waals surface area contributed by atoms with Crippen molar-refractivity contribution in [1.29, 1.82) is 0 Å². The molecule has 4 nitrogen and oxygen atoms in total. The van der Waals surface area contributed by atoms with E-state index in [1.54, 1.807) is 18.2 Å². The SMILES string of the molecule is Cc1ccoc1-c1onc(N)c1-c1cccc(Cl)c1F. The maximum atomic E-state index is 14.2. The number of nitrogens with two attached hydrogens (primary N) is 1. The van der Waals surface area contributed by atoms with Crippen molar-refractivity contribution in [3.05, 3.63) is 46.9 Å². The largest absolute Gasteiger partial charge is 0.461 e. The van der Waals surface area contributed by atoms with Gasteiger partial charge in [0.25, 0.3) is 0 Å². The Kier molecular flexibility index (Phi) is 2.99. The molecule has 0 aliphatic carbocycles. The lowest BCUT2D eigenvalue weighted by molar-refractivity contribution is 0.420. The van der Waals surface area contributed by atoms with Gasteiger partial charge < -0.3 is 14.7 Å². The van der Waals surface area contributed by atoms with Crippen molar-refractivity contribution in [3.8, 4) is 22.6 Å². The molecule has 2 N–H and O–H groups in total. The van der Waals surface area contributed by atoms with Crippen LogP contribution in [-0.2, 0) is 0 Å². The second-order valence-electron chi connectivity index (χ2n) is 4.31. The molecule has 0 spiro atoms. The van der Waals surface area contributed by atoms with Gasteiger partial charge in [-0.3, -0.25) is 0 Å². The lowest BCUT2D eigenvalue weighted by Crippen LogP contribution is -1.92. The minimum atomic E-state index is -0.575. The molecule has 0 radical (unpaired) electrons. The van der Waals surface area contributed by atoms with Gasteiger partial charge in [0.15, 0.2) is 11.6 Å². The third-order valence-electron chi connectivity index (χ3n) is 3.01. The Balaban J connectivity index is 2.27. The van der Waals surface area contributed by atoms with Crippen LogP contribution in [0.4, 0.5) is 10.2 Å². The van der Waals surface area contributed by atoms with Crippen LogP contribution >= 0.6 is 11.6 Å². The molecule has 0 atom stereocenters. The maximum Gasteiger partial charge on any atom is 0.212 e. The first-order chi connectivity index (χ1) is 9.59. The third kappa shape index (κ3) is 1.87. The fraction of sp³-hybridized carbons (Fsp3) is 0.0714. The number of furan rings is 1. The van der Waals surface area contributed by atoms with Crippen molar-refractivity contribution in [2.45, 2.75) is 6.92 Å². The van der Waals surface area contributed by atoms with Gasteiger partial charge in [0.1, 0.15) is 5.82 Å². The van der Waals surface area contributed by atoms with Crippen LogP contribution in [0.1, 0.15) is 5.56 Å². The van der Waals surface area contributed by atoms with E-state index in [0.717, 1.165) is 5.56 Å². The predicted octanol–water partition coefficient (Wildman–Crippen LogP) is 4.28. The Morgan fingerprint density at radius 1 is 1.25 bits per heavy atom. The Bertz CT molecular complexity index is 779. The zero-order valence-electron chi connectivity index (χ0n) is 10.5. The van der Waals surface area contributed by atoms with Gasteiger partial charge in [-0.05, 0) is 24.6 Å². The van der Waals surface area contributed by atoms with E-state index < -0.39 is 5.82 Å². The quantitative estimate of drug-likeness (QED) is 0.765. The highest BCUT2D eigenvalue weighted by Gasteiger charge is 2.24. The number of aromatic nitrogens is 1. The van der Waals surface area contributed by atoms with Crippen LogP contribution in [0.25, 0.3) is 22.6 Å². The standard InChI is InChI=1S/C14H10ClFN2O2/c1-7-5-6-19-12(7)13-10(14(17)18-20-13)8-3-2-4-9(15)11(8)16/h2-6H,1H3,(H2,17,18). The molecular formula is C14H10ClFN2O2. The molecule has 0 fully saturated rings. The lowest BCUT2D eigenvalue weighted by Gasteiger charge is -2.04. The van der Waals surface area contributed by atoms with Gasteiger partial charge >= 0.3 is 0 Å². The number of nitrogen functional groups attached to an aromatic ring is 1. The van der Waals surface area contributed by atoms with Gasteiger partial charge in [-0.25, -0.2) is 4.39 Å². The Labute approximate surface area is 118 Å². The van der Waals surface area contributed by atoms with Crippen molar-refractivity contribution in [3.63, 3.8) is 0 Å². The first-order valence-electron chi connectivity index (χ1n) is 5.83. The van der Waals surface area contributed by atoms with Crippen LogP contribution in [-0.4, -0.2) is 5.16 Å². The van der Waals surface area contributed by atoms with Gasteiger partial charge in [-0.15, -0.1) is 0 Å². The van der Waals surface area contributed by atoms with Crippen LogP contribution in [0.15, 0.2) is 39.5 Å². The smallest absolute Gasteiger partial charge is 0.212 e. The van der Waals surface area contributed by atoms with Gasteiger partial charge in [0.2, 0.25) is 5.76 Å². The van der Waals surface area contributed by atoms with E-state index in [1.165, 1.54) is 12.3 Å². The number of benzene rings is 1. The Morgan fingerprint density at radius 3 is 2.75 bits per heavy atom. The normalized spacial score (nSPS) is 10.9. The van der Waals surface area contributed by atoms with Crippen LogP contribution in [0, 0.1) is 12.7 Å². The number of halogens is 2. The van der Waals surface area contributed by atoms with E-state index in [9.17, 15) is 4.39 Å². The van der Waals surface area contributed by atoms with Crippen molar-refractivity contribution < 1.29 is 13.3 Å². The van der Waals surface area contributed by atoms with E-state index in [0.29, 0.717) is 11.3 Å². The summed E-state index contributed by atoms with van der Waals surface area (Å²) >= 11 is 5.80. The summed E-state index contributed by atoms with van der Waals surface area (Å²) in [5, 5.41) is 3.70. The Hall–Kier alpha value is -2.27. The summed E-state index contributed by atoms with van der Waals surface area (Å²) in [6.07, 6.45) is 1.52. The van der Waals surface area contributed by atoms with Crippen LogP contribution in [0.3, 0.4) is 0 Å². The number of rotatable bonds is 2. The molecule has 0 bridgehead atoms. The summed E-state index contributed by atoms with van der Waals surface area (Å²) in [6, 6.07) is 6.42. The molecule has 3 rings (SSSR count). The summed E-state index contributed by atoms with van der Waals surface area (Å²) in [7, 11) is 0. The fourth-order valence-electron chi connectivity index (χ4n) is 2.02. The number of aryl methyl sites for hydroxylation is 1.